The van der Waals surface area contributed by atoms with Gasteiger partial charge in [-0.3, -0.25) is 0 Å². The van der Waals surface area contributed by atoms with Crippen molar-refractivity contribution in [3.05, 3.63) is 45.7 Å². The maximum atomic E-state index is 13.5. The number of nitrogen functional groups attached to an aromatic ring is 1. The minimum absolute atomic E-state index is 0.0195. The largest absolute Gasteiger partial charge is 0.336 e. The van der Waals surface area contributed by atoms with E-state index in [-0.39, 0.29) is 27.4 Å². The van der Waals surface area contributed by atoms with Gasteiger partial charge >= 0.3 is 0 Å². The predicted molar refractivity (Wildman–Crippen MR) is 71.7 cm³/mol. The van der Waals surface area contributed by atoms with Crippen molar-refractivity contribution in [1.29, 1.82) is 0 Å². The molecule has 1 aromatic carbocycles. The Morgan fingerprint density at radius 1 is 1.00 bits per heavy atom. The molecule has 106 valence electrons. The summed E-state index contributed by atoms with van der Waals surface area (Å²) in [5, 5.41) is 2.63. The number of halogens is 5. The smallest absolute Gasteiger partial charge is 0.196 e. The molecule has 0 saturated carbocycles. The molecule has 0 unspecified atom stereocenters. The Bertz CT molecular complexity index is 667. The number of hydrazine groups is 1. The van der Waals surface area contributed by atoms with E-state index in [0.29, 0.717) is 0 Å². The van der Waals surface area contributed by atoms with Crippen LogP contribution in [0.25, 0.3) is 0 Å². The molecule has 4 N–H and O–H groups in total. The van der Waals surface area contributed by atoms with Crippen LogP contribution in [-0.4, -0.2) is 4.98 Å². The zero-order valence-corrected chi connectivity index (χ0v) is 11.2. The molecule has 0 fully saturated rings. The van der Waals surface area contributed by atoms with Crippen molar-refractivity contribution >= 4 is 40.5 Å². The molecule has 2 rings (SSSR count). The van der Waals surface area contributed by atoms with Gasteiger partial charge in [0.2, 0.25) is 0 Å². The van der Waals surface area contributed by atoms with Crippen molar-refractivity contribution in [2.45, 2.75) is 0 Å². The molecule has 0 saturated heterocycles. The standard InChI is InChI=1S/C11H7Cl2F3N4/c12-4-3-5(13)11(20-17)19-10(4)18-7-2-1-6(14)8(15)9(7)16/h1-3H,17H2,(H2,18,19,20). The first-order valence-corrected chi connectivity index (χ1v) is 5.92. The third-order valence-corrected chi connectivity index (χ3v) is 2.93. The lowest BCUT2D eigenvalue weighted by Gasteiger charge is -2.11. The highest BCUT2D eigenvalue weighted by Gasteiger charge is 2.16. The van der Waals surface area contributed by atoms with E-state index in [9.17, 15) is 13.2 Å². The number of hydrogen-bond acceptors (Lipinski definition) is 4. The third kappa shape index (κ3) is 2.74. The summed E-state index contributed by atoms with van der Waals surface area (Å²) < 4.78 is 39.5. The van der Waals surface area contributed by atoms with E-state index in [1.807, 2.05) is 0 Å². The van der Waals surface area contributed by atoms with Gasteiger partial charge in [-0.05, 0) is 18.2 Å². The van der Waals surface area contributed by atoms with E-state index in [2.05, 4.69) is 15.7 Å². The number of nitrogens with one attached hydrogen (secondary N) is 2. The molecule has 1 heterocycles. The second-order valence-corrected chi connectivity index (χ2v) is 4.46. The second-order valence-electron chi connectivity index (χ2n) is 3.64. The van der Waals surface area contributed by atoms with Crippen LogP contribution < -0.4 is 16.6 Å². The van der Waals surface area contributed by atoms with Crippen LogP contribution in [0.4, 0.5) is 30.5 Å². The molecular formula is C11H7Cl2F3N4. The summed E-state index contributed by atoms with van der Waals surface area (Å²) in [4.78, 5) is 3.88. The van der Waals surface area contributed by atoms with Gasteiger partial charge in [-0.2, -0.15) is 0 Å². The summed E-state index contributed by atoms with van der Waals surface area (Å²) in [5.41, 5.74) is 1.88. The van der Waals surface area contributed by atoms with Crippen molar-refractivity contribution in [2.75, 3.05) is 10.7 Å². The molecule has 4 nitrogen and oxygen atoms in total. The summed E-state index contributed by atoms with van der Waals surface area (Å²) in [6, 6.07) is 3.09. The number of hydrogen-bond donors (Lipinski definition) is 3. The van der Waals surface area contributed by atoms with Gasteiger partial charge in [0.25, 0.3) is 0 Å². The van der Waals surface area contributed by atoms with Crippen LogP contribution in [-0.2, 0) is 0 Å². The Labute approximate surface area is 121 Å². The Morgan fingerprint density at radius 3 is 2.30 bits per heavy atom. The fourth-order valence-electron chi connectivity index (χ4n) is 1.41. The van der Waals surface area contributed by atoms with Gasteiger partial charge in [-0.1, -0.05) is 23.2 Å². The van der Waals surface area contributed by atoms with Crippen molar-refractivity contribution in [1.82, 2.24) is 4.98 Å². The zero-order valence-electron chi connectivity index (χ0n) is 9.65. The van der Waals surface area contributed by atoms with Crippen molar-refractivity contribution in [3.63, 3.8) is 0 Å². The number of benzene rings is 1. The molecular weight excluding hydrogens is 316 g/mol. The highest BCUT2D eigenvalue weighted by molar-refractivity contribution is 6.37. The summed E-state index contributed by atoms with van der Waals surface area (Å²) in [5.74, 6) is 0.964. The minimum atomic E-state index is -1.60. The summed E-state index contributed by atoms with van der Waals surface area (Å²) >= 11 is 11.6. The van der Waals surface area contributed by atoms with E-state index >= 15 is 0 Å². The van der Waals surface area contributed by atoms with Gasteiger partial charge in [0.05, 0.1) is 15.7 Å². The lowest BCUT2D eigenvalue weighted by Crippen LogP contribution is -2.10. The molecule has 0 atom stereocenters. The van der Waals surface area contributed by atoms with Gasteiger partial charge in [-0.25, -0.2) is 24.0 Å². The van der Waals surface area contributed by atoms with Crippen LogP contribution in [0.1, 0.15) is 0 Å². The minimum Gasteiger partial charge on any atom is -0.336 e. The lowest BCUT2D eigenvalue weighted by atomic mass is 10.2. The Morgan fingerprint density at radius 2 is 1.65 bits per heavy atom. The Kier molecular flexibility index (Phi) is 4.22. The fraction of sp³-hybridized carbons (Fsp3) is 0. The summed E-state index contributed by atoms with van der Waals surface area (Å²) in [6.07, 6.45) is 0. The number of pyridine rings is 1. The van der Waals surface area contributed by atoms with Gasteiger partial charge in [0.1, 0.15) is 0 Å². The third-order valence-electron chi connectivity index (χ3n) is 2.35. The number of nitrogens with two attached hydrogens (primary N) is 1. The van der Waals surface area contributed by atoms with Gasteiger partial charge in [0, 0.05) is 0 Å². The first-order valence-electron chi connectivity index (χ1n) is 5.17. The highest BCUT2D eigenvalue weighted by Crippen LogP contribution is 2.31. The maximum Gasteiger partial charge on any atom is 0.196 e. The summed E-state index contributed by atoms with van der Waals surface area (Å²) in [6.45, 7) is 0. The first-order chi connectivity index (χ1) is 9.43. The number of rotatable bonds is 3. The van der Waals surface area contributed by atoms with Gasteiger partial charge in [0.15, 0.2) is 29.1 Å². The first kappa shape index (κ1) is 14.7. The molecule has 0 aliphatic rings. The SMILES string of the molecule is NNc1nc(Nc2ccc(F)c(F)c2F)c(Cl)cc1Cl. The topological polar surface area (TPSA) is 63.0 Å². The van der Waals surface area contributed by atoms with Crippen LogP contribution in [0.15, 0.2) is 18.2 Å². The van der Waals surface area contributed by atoms with Gasteiger partial charge in [-0.15, -0.1) is 0 Å². The zero-order chi connectivity index (χ0) is 14.9. The Balaban J connectivity index is 2.42. The average Bonchev–Trinajstić information content (AvgIpc) is 2.42. The fourth-order valence-corrected chi connectivity index (χ4v) is 1.87. The molecule has 20 heavy (non-hydrogen) atoms. The van der Waals surface area contributed by atoms with Crippen LogP contribution in [0, 0.1) is 17.5 Å². The molecule has 1 aromatic heterocycles. The molecule has 2 aromatic rings. The predicted octanol–water partition coefficient (Wildman–Crippen LogP) is 3.83. The van der Waals surface area contributed by atoms with Crippen LogP contribution >= 0.6 is 23.2 Å². The van der Waals surface area contributed by atoms with Crippen LogP contribution in [0.5, 0.6) is 0 Å². The van der Waals surface area contributed by atoms with E-state index in [4.69, 9.17) is 29.0 Å². The van der Waals surface area contributed by atoms with E-state index in [0.717, 1.165) is 12.1 Å². The maximum absolute atomic E-state index is 13.5. The molecule has 0 aliphatic heterocycles. The number of anilines is 3. The van der Waals surface area contributed by atoms with Gasteiger partial charge < -0.3 is 10.7 Å². The van der Waals surface area contributed by atoms with Crippen molar-refractivity contribution < 1.29 is 13.2 Å². The quantitative estimate of drug-likeness (QED) is 0.456. The van der Waals surface area contributed by atoms with Crippen molar-refractivity contribution in [2.24, 2.45) is 5.84 Å². The average molecular weight is 323 g/mol. The van der Waals surface area contributed by atoms with Crippen LogP contribution in [0.3, 0.4) is 0 Å². The Hall–Kier alpha value is -1.70. The molecule has 0 bridgehead atoms. The molecule has 0 spiro atoms. The molecule has 0 aliphatic carbocycles. The monoisotopic (exact) mass is 322 g/mol. The summed E-state index contributed by atoms with van der Waals surface area (Å²) in [7, 11) is 0. The van der Waals surface area contributed by atoms with E-state index < -0.39 is 17.5 Å². The van der Waals surface area contributed by atoms with E-state index in [1.165, 1.54) is 6.07 Å². The van der Waals surface area contributed by atoms with Crippen molar-refractivity contribution in [3.8, 4) is 0 Å². The molecule has 0 amide bonds. The number of aromatic nitrogens is 1. The number of nitrogens with zero attached hydrogens (tertiary/aromatic N) is 1. The lowest BCUT2D eigenvalue weighted by molar-refractivity contribution is 0.449. The second kappa shape index (κ2) is 5.74. The normalized spacial score (nSPS) is 10.5. The molecule has 9 heteroatoms. The highest BCUT2D eigenvalue weighted by atomic mass is 35.5. The molecule has 0 radical (unpaired) electrons. The van der Waals surface area contributed by atoms with E-state index in [1.54, 1.807) is 0 Å². The van der Waals surface area contributed by atoms with Crippen LogP contribution in [0.2, 0.25) is 10.0 Å².